The second-order valence-electron chi connectivity index (χ2n) is 7.54. The molecule has 1 aliphatic rings. The minimum atomic E-state index is -0.700. The van der Waals surface area contributed by atoms with Crippen LogP contribution in [0, 0.1) is 0 Å². The molecule has 0 radical (unpaired) electrons. The van der Waals surface area contributed by atoms with E-state index in [0.29, 0.717) is 19.1 Å². The van der Waals surface area contributed by atoms with Gasteiger partial charge in [0, 0.05) is 12.4 Å². The Morgan fingerprint density at radius 3 is 2.83 bits per heavy atom. The van der Waals surface area contributed by atoms with Gasteiger partial charge in [-0.1, -0.05) is 18.2 Å². The smallest absolute Gasteiger partial charge is 0.232 e. The highest BCUT2D eigenvalue weighted by molar-refractivity contribution is 5.88. The molecule has 1 unspecified atom stereocenters. The lowest BCUT2D eigenvalue weighted by Crippen LogP contribution is -2.46. The Labute approximate surface area is 175 Å². The second kappa shape index (κ2) is 8.90. The van der Waals surface area contributed by atoms with Crippen LogP contribution in [0.2, 0.25) is 0 Å². The average Bonchev–Trinajstić information content (AvgIpc) is 2.78. The second-order valence-corrected chi connectivity index (χ2v) is 7.54. The Hall–Kier alpha value is -3.48. The van der Waals surface area contributed by atoms with Gasteiger partial charge in [-0.3, -0.25) is 9.78 Å². The number of aryl methyl sites for hydroxylation is 1. The highest BCUT2D eigenvalue weighted by atomic mass is 16.5. The standard InChI is InChI=1S/C23H25N5O2/c1-23(21(29)25-13-14-30-19-9-3-2-4-10-19)11-5-7-17-15-26-22(28-20(17)23)27-18-8-6-12-24-16-18/h2-4,6,8-10,12,15-16H,5,7,11,13-14H2,1H3,(H,25,29)(H,26,27,28). The fraction of sp³-hybridized carbons (Fsp3) is 0.304. The maximum Gasteiger partial charge on any atom is 0.232 e. The van der Waals surface area contributed by atoms with Crippen LogP contribution in [-0.2, 0) is 16.6 Å². The molecule has 3 aromatic rings. The van der Waals surface area contributed by atoms with Gasteiger partial charge in [0.2, 0.25) is 11.9 Å². The lowest BCUT2D eigenvalue weighted by molar-refractivity contribution is -0.127. The maximum atomic E-state index is 13.1. The molecule has 1 aliphatic carbocycles. The fourth-order valence-electron chi connectivity index (χ4n) is 3.71. The third-order valence-corrected chi connectivity index (χ3v) is 5.33. The Bertz CT molecular complexity index is 997. The number of pyridine rings is 1. The number of amides is 1. The summed E-state index contributed by atoms with van der Waals surface area (Å²) in [7, 11) is 0. The molecule has 0 saturated heterocycles. The molecular weight excluding hydrogens is 378 g/mol. The molecule has 0 bridgehead atoms. The average molecular weight is 403 g/mol. The van der Waals surface area contributed by atoms with E-state index in [-0.39, 0.29) is 5.91 Å². The molecule has 7 nitrogen and oxygen atoms in total. The van der Waals surface area contributed by atoms with Gasteiger partial charge in [-0.15, -0.1) is 0 Å². The van der Waals surface area contributed by atoms with Crippen molar-refractivity contribution < 1.29 is 9.53 Å². The van der Waals surface area contributed by atoms with Gasteiger partial charge in [-0.05, 0) is 56.0 Å². The number of fused-ring (bicyclic) bond motifs is 1. The summed E-state index contributed by atoms with van der Waals surface area (Å²) in [5, 5.41) is 6.18. The van der Waals surface area contributed by atoms with Crippen molar-refractivity contribution in [2.45, 2.75) is 31.6 Å². The Morgan fingerprint density at radius 1 is 1.17 bits per heavy atom. The van der Waals surface area contributed by atoms with E-state index in [2.05, 4.69) is 20.6 Å². The van der Waals surface area contributed by atoms with E-state index < -0.39 is 5.41 Å². The largest absolute Gasteiger partial charge is 0.492 e. The first kappa shape index (κ1) is 19.8. The highest BCUT2D eigenvalue weighted by Gasteiger charge is 2.40. The van der Waals surface area contributed by atoms with Crippen LogP contribution < -0.4 is 15.4 Å². The summed E-state index contributed by atoms with van der Waals surface area (Å²) >= 11 is 0. The molecule has 0 spiro atoms. The zero-order valence-electron chi connectivity index (χ0n) is 17.0. The molecule has 30 heavy (non-hydrogen) atoms. The highest BCUT2D eigenvalue weighted by Crippen LogP contribution is 2.36. The van der Waals surface area contributed by atoms with Crippen LogP contribution in [0.15, 0.2) is 61.1 Å². The third-order valence-electron chi connectivity index (χ3n) is 5.33. The molecule has 0 aliphatic heterocycles. The Balaban J connectivity index is 1.44. The van der Waals surface area contributed by atoms with E-state index in [4.69, 9.17) is 9.72 Å². The van der Waals surface area contributed by atoms with Gasteiger partial charge >= 0.3 is 0 Å². The number of rotatable bonds is 7. The van der Waals surface area contributed by atoms with Gasteiger partial charge < -0.3 is 15.4 Å². The number of hydrogen-bond acceptors (Lipinski definition) is 6. The van der Waals surface area contributed by atoms with Crippen molar-refractivity contribution in [2.24, 2.45) is 0 Å². The van der Waals surface area contributed by atoms with Crippen LogP contribution in [-0.4, -0.2) is 34.0 Å². The SMILES string of the molecule is CC1(C(=O)NCCOc2ccccc2)CCCc2cnc(Nc3cccnc3)nc21. The van der Waals surface area contributed by atoms with Crippen LogP contribution in [0.1, 0.15) is 31.0 Å². The minimum absolute atomic E-state index is 0.0360. The summed E-state index contributed by atoms with van der Waals surface area (Å²) in [6.45, 7) is 2.81. The van der Waals surface area contributed by atoms with E-state index in [1.165, 1.54) is 0 Å². The van der Waals surface area contributed by atoms with Gasteiger partial charge in [-0.25, -0.2) is 9.97 Å². The predicted octanol–water partition coefficient (Wildman–Crippen LogP) is 3.40. The summed E-state index contributed by atoms with van der Waals surface area (Å²) in [4.78, 5) is 26.3. The van der Waals surface area contributed by atoms with Gasteiger partial charge in [0.25, 0.3) is 0 Å². The molecule has 1 atom stereocenters. The molecule has 0 saturated carbocycles. The zero-order chi connectivity index (χ0) is 20.8. The lowest BCUT2D eigenvalue weighted by atomic mass is 9.74. The molecule has 4 rings (SSSR count). The molecule has 154 valence electrons. The molecule has 2 heterocycles. The summed E-state index contributed by atoms with van der Waals surface area (Å²) in [6, 6.07) is 13.3. The maximum absolute atomic E-state index is 13.1. The number of aromatic nitrogens is 3. The van der Waals surface area contributed by atoms with Gasteiger partial charge in [0.15, 0.2) is 0 Å². The van der Waals surface area contributed by atoms with Crippen LogP contribution in [0.25, 0.3) is 0 Å². The minimum Gasteiger partial charge on any atom is -0.492 e. The normalized spacial score (nSPS) is 17.6. The first-order valence-electron chi connectivity index (χ1n) is 10.1. The van der Waals surface area contributed by atoms with Crippen molar-refractivity contribution in [3.05, 3.63) is 72.3 Å². The first-order chi connectivity index (χ1) is 14.6. The molecule has 7 heteroatoms. The van der Waals surface area contributed by atoms with Crippen LogP contribution in [0.4, 0.5) is 11.6 Å². The zero-order valence-corrected chi connectivity index (χ0v) is 17.0. The molecule has 1 aromatic carbocycles. The molecule has 2 aromatic heterocycles. The lowest BCUT2D eigenvalue weighted by Gasteiger charge is -2.33. The molecule has 2 N–H and O–H groups in total. The molecular formula is C23H25N5O2. The van der Waals surface area contributed by atoms with Crippen LogP contribution >= 0.6 is 0 Å². The van der Waals surface area contributed by atoms with E-state index >= 15 is 0 Å². The van der Waals surface area contributed by atoms with Crippen molar-refractivity contribution in [2.75, 3.05) is 18.5 Å². The number of anilines is 2. The number of hydrogen-bond donors (Lipinski definition) is 2. The van der Waals surface area contributed by atoms with Gasteiger partial charge in [0.1, 0.15) is 12.4 Å². The first-order valence-corrected chi connectivity index (χ1v) is 10.1. The number of nitrogens with one attached hydrogen (secondary N) is 2. The quantitative estimate of drug-likeness (QED) is 0.588. The molecule has 0 fully saturated rings. The van der Waals surface area contributed by atoms with Crippen molar-refractivity contribution in [3.8, 4) is 5.75 Å². The van der Waals surface area contributed by atoms with E-state index in [9.17, 15) is 4.79 Å². The van der Waals surface area contributed by atoms with E-state index in [1.807, 2.05) is 55.6 Å². The van der Waals surface area contributed by atoms with Crippen molar-refractivity contribution in [3.63, 3.8) is 0 Å². The third kappa shape index (κ3) is 4.40. The topological polar surface area (TPSA) is 89.0 Å². The summed E-state index contributed by atoms with van der Waals surface area (Å²) in [6.07, 6.45) is 7.79. The number of para-hydroxylation sites is 1. The summed E-state index contributed by atoms with van der Waals surface area (Å²) < 4.78 is 5.68. The van der Waals surface area contributed by atoms with Crippen molar-refractivity contribution >= 4 is 17.5 Å². The predicted molar refractivity (Wildman–Crippen MR) is 115 cm³/mol. The van der Waals surface area contributed by atoms with E-state index in [0.717, 1.165) is 42.0 Å². The number of carbonyl (C=O) groups is 1. The number of ether oxygens (including phenoxy) is 1. The van der Waals surface area contributed by atoms with Crippen molar-refractivity contribution in [1.29, 1.82) is 0 Å². The Kier molecular flexibility index (Phi) is 5.88. The summed E-state index contributed by atoms with van der Waals surface area (Å²) in [5.74, 6) is 1.22. The van der Waals surface area contributed by atoms with Crippen LogP contribution in [0.3, 0.4) is 0 Å². The number of benzene rings is 1. The summed E-state index contributed by atoms with van der Waals surface area (Å²) in [5.41, 5.74) is 1.92. The van der Waals surface area contributed by atoms with Crippen LogP contribution in [0.5, 0.6) is 5.75 Å². The van der Waals surface area contributed by atoms with Gasteiger partial charge in [-0.2, -0.15) is 0 Å². The fourth-order valence-corrected chi connectivity index (χ4v) is 3.71. The molecule has 1 amide bonds. The monoisotopic (exact) mass is 403 g/mol. The Morgan fingerprint density at radius 2 is 2.03 bits per heavy atom. The van der Waals surface area contributed by atoms with Crippen molar-refractivity contribution in [1.82, 2.24) is 20.3 Å². The van der Waals surface area contributed by atoms with E-state index in [1.54, 1.807) is 12.4 Å². The van der Waals surface area contributed by atoms with Gasteiger partial charge in [0.05, 0.1) is 29.5 Å². The number of nitrogens with zero attached hydrogens (tertiary/aromatic N) is 3. The number of carbonyl (C=O) groups excluding carboxylic acids is 1.